The Labute approximate surface area is 70.6 Å². The lowest BCUT2D eigenvalue weighted by Gasteiger charge is -2.08. The van der Waals surface area contributed by atoms with Crippen LogP contribution in [-0.4, -0.2) is 17.3 Å². The van der Waals surface area contributed by atoms with Gasteiger partial charge in [0.1, 0.15) is 6.29 Å². The lowest BCUT2D eigenvalue weighted by molar-refractivity contribution is -0.106. The summed E-state index contributed by atoms with van der Waals surface area (Å²) in [6, 6.07) is 0. The van der Waals surface area contributed by atoms with Gasteiger partial charge >= 0.3 is 0 Å². The standard InChI is InChI=1S/C9H10OS/c10-5-9-8-4-2-1-3-7(8)6-11-9/h2,4-5,9H,1,3,6H2. The smallest absolute Gasteiger partial charge is 0.137 e. The SMILES string of the molecule is O=CC1SCC2=C1C=CCC2. The van der Waals surface area contributed by atoms with Crippen LogP contribution in [-0.2, 0) is 4.79 Å². The van der Waals surface area contributed by atoms with Gasteiger partial charge in [-0.3, -0.25) is 0 Å². The maximum atomic E-state index is 10.6. The summed E-state index contributed by atoms with van der Waals surface area (Å²) in [7, 11) is 0. The zero-order valence-electron chi connectivity index (χ0n) is 6.25. The molecule has 1 nitrogen and oxygen atoms in total. The Bertz CT molecular complexity index is 240. The Kier molecular flexibility index (Phi) is 1.86. The monoisotopic (exact) mass is 166 g/mol. The average Bonchev–Trinajstić information content (AvgIpc) is 2.47. The molecule has 0 fully saturated rings. The van der Waals surface area contributed by atoms with E-state index in [1.165, 1.54) is 17.6 Å². The van der Waals surface area contributed by atoms with Gasteiger partial charge in [0.15, 0.2) is 0 Å². The molecule has 2 rings (SSSR count). The molecule has 0 bridgehead atoms. The highest BCUT2D eigenvalue weighted by molar-refractivity contribution is 8.01. The molecule has 0 saturated heterocycles. The van der Waals surface area contributed by atoms with Gasteiger partial charge in [-0.05, 0) is 18.4 Å². The van der Waals surface area contributed by atoms with Crippen LogP contribution in [0.5, 0.6) is 0 Å². The highest BCUT2D eigenvalue weighted by Crippen LogP contribution is 2.36. The molecule has 1 unspecified atom stereocenters. The molecule has 1 atom stereocenters. The van der Waals surface area contributed by atoms with E-state index in [4.69, 9.17) is 0 Å². The molecule has 58 valence electrons. The molecule has 2 aliphatic rings. The number of hydrogen-bond acceptors (Lipinski definition) is 2. The van der Waals surface area contributed by atoms with Gasteiger partial charge in [-0.1, -0.05) is 17.7 Å². The summed E-state index contributed by atoms with van der Waals surface area (Å²) in [5.41, 5.74) is 2.78. The van der Waals surface area contributed by atoms with Crippen LogP contribution in [0.1, 0.15) is 12.8 Å². The summed E-state index contributed by atoms with van der Waals surface area (Å²) in [5.74, 6) is 1.07. The van der Waals surface area contributed by atoms with E-state index in [1.807, 2.05) is 0 Å². The van der Waals surface area contributed by atoms with Crippen molar-refractivity contribution in [2.45, 2.75) is 18.1 Å². The Morgan fingerprint density at radius 2 is 2.55 bits per heavy atom. The third-order valence-electron chi connectivity index (χ3n) is 2.19. The van der Waals surface area contributed by atoms with Crippen molar-refractivity contribution in [1.82, 2.24) is 0 Å². The first-order valence-corrected chi connectivity index (χ1v) is 4.92. The Morgan fingerprint density at radius 3 is 3.36 bits per heavy atom. The summed E-state index contributed by atoms with van der Waals surface area (Å²) in [5, 5.41) is 0.140. The molecule has 0 saturated carbocycles. The summed E-state index contributed by atoms with van der Waals surface area (Å²) in [6.07, 6.45) is 7.68. The topological polar surface area (TPSA) is 17.1 Å². The van der Waals surface area contributed by atoms with Crippen LogP contribution in [0.25, 0.3) is 0 Å². The second-order valence-corrected chi connectivity index (χ2v) is 4.00. The lowest BCUT2D eigenvalue weighted by atomic mass is 9.97. The highest BCUT2D eigenvalue weighted by atomic mass is 32.2. The van der Waals surface area contributed by atoms with Gasteiger partial charge in [0.2, 0.25) is 0 Å². The summed E-state index contributed by atoms with van der Waals surface area (Å²) >= 11 is 1.75. The zero-order valence-corrected chi connectivity index (χ0v) is 7.06. The first-order chi connectivity index (χ1) is 5.42. The first-order valence-electron chi connectivity index (χ1n) is 3.87. The van der Waals surface area contributed by atoms with Gasteiger partial charge in [-0.2, -0.15) is 0 Å². The van der Waals surface area contributed by atoms with Crippen LogP contribution >= 0.6 is 11.8 Å². The number of carbonyl (C=O) groups is 1. The van der Waals surface area contributed by atoms with Crippen LogP contribution in [0.2, 0.25) is 0 Å². The van der Waals surface area contributed by atoms with Gasteiger partial charge in [0.25, 0.3) is 0 Å². The summed E-state index contributed by atoms with van der Waals surface area (Å²) < 4.78 is 0. The lowest BCUT2D eigenvalue weighted by Crippen LogP contribution is -2.03. The van der Waals surface area contributed by atoms with Gasteiger partial charge in [-0.15, -0.1) is 11.8 Å². The van der Waals surface area contributed by atoms with E-state index in [2.05, 4.69) is 12.2 Å². The van der Waals surface area contributed by atoms with Crippen molar-refractivity contribution in [1.29, 1.82) is 0 Å². The average molecular weight is 166 g/mol. The minimum absolute atomic E-state index is 0.140. The van der Waals surface area contributed by atoms with E-state index in [0.717, 1.165) is 18.5 Å². The normalized spacial score (nSPS) is 28.9. The van der Waals surface area contributed by atoms with E-state index in [9.17, 15) is 4.79 Å². The molecule has 11 heavy (non-hydrogen) atoms. The molecule has 0 N–H and O–H groups in total. The van der Waals surface area contributed by atoms with Gasteiger partial charge in [-0.25, -0.2) is 0 Å². The quantitative estimate of drug-likeness (QED) is 0.554. The molecular weight excluding hydrogens is 156 g/mol. The molecule has 0 aromatic heterocycles. The Balaban J connectivity index is 2.28. The van der Waals surface area contributed by atoms with Crippen molar-refractivity contribution in [3.63, 3.8) is 0 Å². The fourth-order valence-electron chi connectivity index (χ4n) is 1.57. The maximum Gasteiger partial charge on any atom is 0.137 e. The van der Waals surface area contributed by atoms with Crippen molar-refractivity contribution >= 4 is 18.0 Å². The third kappa shape index (κ3) is 1.16. The van der Waals surface area contributed by atoms with Crippen LogP contribution in [0.3, 0.4) is 0 Å². The number of allylic oxidation sites excluding steroid dienone is 2. The highest BCUT2D eigenvalue weighted by Gasteiger charge is 2.24. The van der Waals surface area contributed by atoms with Crippen LogP contribution in [0, 0.1) is 0 Å². The van der Waals surface area contributed by atoms with E-state index in [1.54, 1.807) is 11.8 Å². The second kappa shape index (κ2) is 2.86. The van der Waals surface area contributed by atoms with Crippen LogP contribution in [0.4, 0.5) is 0 Å². The Hall–Kier alpha value is -0.500. The van der Waals surface area contributed by atoms with Crippen molar-refractivity contribution in [2.24, 2.45) is 0 Å². The van der Waals surface area contributed by atoms with Crippen molar-refractivity contribution < 1.29 is 4.79 Å². The van der Waals surface area contributed by atoms with Gasteiger partial charge in [0.05, 0.1) is 5.25 Å². The fourth-order valence-corrected chi connectivity index (χ4v) is 2.77. The zero-order chi connectivity index (χ0) is 7.68. The number of rotatable bonds is 1. The Morgan fingerprint density at radius 1 is 1.64 bits per heavy atom. The number of thioether (sulfide) groups is 1. The number of carbonyl (C=O) groups excluding carboxylic acids is 1. The minimum atomic E-state index is 0.140. The fraction of sp³-hybridized carbons (Fsp3) is 0.444. The first kappa shape index (κ1) is 7.17. The van der Waals surface area contributed by atoms with Gasteiger partial charge in [0, 0.05) is 5.75 Å². The molecule has 0 spiro atoms. The van der Waals surface area contributed by atoms with E-state index in [-0.39, 0.29) is 5.25 Å². The van der Waals surface area contributed by atoms with Crippen molar-refractivity contribution in [2.75, 3.05) is 5.75 Å². The molecule has 0 amide bonds. The largest absolute Gasteiger partial charge is 0.302 e. The molecule has 1 aliphatic carbocycles. The van der Waals surface area contributed by atoms with Crippen LogP contribution in [0.15, 0.2) is 23.3 Å². The van der Waals surface area contributed by atoms with E-state index in [0.29, 0.717) is 0 Å². The molecule has 1 aliphatic heterocycles. The third-order valence-corrected chi connectivity index (χ3v) is 3.42. The molecular formula is C9H10OS. The maximum absolute atomic E-state index is 10.6. The minimum Gasteiger partial charge on any atom is -0.302 e. The predicted octanol–water partition coefficient (Wildman–Crippen LogP) is 1.95. The van der Waals surface area contributed by atoms with E-state index < -0.39 is 0 Å². The molecule has 1 heterocycles. The number of aldehydes is 1. The van der Waals surface area contributed by atoms with E-state index >= 15 is 0 Å². The summed E-state index contributed by atoms with van der Waals surface area (Å²) in [6.45, 7) is 0. The molecule has 0 aromatic rings. The van der Waals surface area contributed by atoms with Crippen LogP contribution < -0.4 is 0 Å². The molecule has 0 radical (unpaired) electrons. The van der Waals surface area contributed by atoms with Crippen molar-refractivity contribution in [3.8, 4) is 0 Å². The summed E-state index contributed by atoms with van der Waals surface area (Å²) in [4.78, 5) is 10.6. The predicted molar refractivity (Wildman–Crippen MR) is 47.7 cm³/mol. The second-order valence-electron chi connectivity index (χ2n) is 2.87. The number of hydrogen-bond donors (Lipinski definition) is 0. The van der Waals surface area contributed by atoms with Crippen molar-refractivity contribution in [3.05, 3.63) is 23.3 Å². The van der Waals surface area contributed by atoms with Gasteiger partial charge < -0.3 is 4.79 Å². The molecule has 0 aromatic carbocycles. The molecule has 2 heteroatoms.